The van der Waals surface area contributed by atoms with Crippen LogP contribution in [-0.2, 0) is 9.59 Å². The van der Waals surface area contributed by atoms with Gasteiger partial charge >= 0.3 is 0 Å². The minimum Gasteiger partial charge on any atom is -0.494 e. The molecule has 3 aromatic carbocycles. The third-order valence-corrected chi connectivity index (χ3v) is 7.37. The molecule has 7 nitrogen and oxygen atoms in total. The highest BCUT2D eigenvalue weighted by molar-refractivity contribution is 8.15. The molecule has 0 aliphatic carbocycles. The van der Waals surface area contributed by atoms with Gasteiger partial charge in [0.1, 0.15) is 11.0 Å². The standard InChI is InChI=1S/C29H28N4O3S/c1-3-36-23-15-13-22(14-16-23)30-27(34)18-26-28(35)31-29(37-26)33-25(21-11-9-19(2)10-12-21)17-24(32-33)20-7-5-4-6-8-20/h4-16,25-26H,3,17-18H2,1-2H3,(H,30,34)/t25-,26+/m1/s1. The molecule has 2 heterocycles. The summed E-state index contributed by atoms with van der Waals surface area (Å²) in [5, 5.41) is 9.54. The first-order chi connectivity index (χ1) is 18.0. The summed E-state index contributed by atoms with van der Waals surface area (Å²) in [5.74, 6) is 0.188. The lowest BCUT2D eigenvalue weighted by atomic mass is 9.98. The largest absolute Gasteiger partial charge is 0.494 e. The van der Waals surface area contributed by atoms with Gasteiger partial charge < -0.3 is 10.1 Å². The Labute approximate surface area is 220 Å². The van der Waals surface area contributed by atoms with Gasteiger partial charge in [0.05, 0.1) is 18.4 Å². The molecule has 3 aromatic rings. The predicted octanol–water partition coefficient (Wildman–Crippen LogP) is 5.57. The van der Waals surface area contributed by atoms with Crippen LogP contribution in [0.4, 0.5) is 5.69 Å². The quantitative estimate of drug-likeness (QED) is 0.447. The molecule has 0 saturated carbocycles. The maximum absolute atomic E-state index is 12.8. The highest BCUT2D eigenvalue weighted by atomic mass is 32.2. The number of thioether (sulfide) groups is 1. The van der Waals surface area contributed by atoms with Crippen molar-refractivity contribution in [3.8, 4) is 5.75 Å². The molecule has 0 bridgehead atoms. The Hall–Kier alpha value is -3.91. The summed E-state index contributed by atoms with van der Waals surface area (Å²) in [5.41, 5.74) is 4.93. The Bertz CT molecular complexity index is 1340. The van der Waals surface area contributed by atoms with Crippen molar-refractivity contribution in [3.05, 3.63) is 95.6 Å². The van der Waals surface area contributed by atoms with Gasteiger partial charge in [-0.3, -0.25) is 9.59 Å². The molecule has 2 amide bonds. The first-order valence-corrected chi connectivity index (χ1v) is 13.2. The van der Waals surface area contributed by atoms with Crippen molar-refractivity contribution in [3.63, 3.8) is 0 Å². The van der Waals surface area contributed by atoms with Crippen LogP contribution in [0.2, 0.25) is 0 Å². The molecule has 5 rings (SSSR count). The van der Waals surface area contributed by atoms with Gasteiger partial charge in [-0.15, -0.1) is 0 Å². The highest BCUT2D eigenvalue weighted by Gasteiger charge is 2.39. The number of rotatable bonds is 7. The van der Waals surface area contributed by atoms with Crippen LogP contribution in [0, 0.1) is 6.92 Å². The van der Waals surface area contributed by atoms with Crippen LogP contribution in [-0.4, -0.2) is 39.6 Å². The van der Waals surface area contributed by atoms with Gasteiger partial charge in [-0.25, -0.2) is 5.01 Å². The second-order valence-corrected chi connectivity index (χ2v) is 10.1. The molecule has 0 spiro atoms. The highest BCUT2D eigenvalue weighted by Crippen LogP contribution is 2.38. The zero-order valence-electron chi connectivity index (χ0n) is 20.8. The van der Waals surface area contributed by atoms with E-state index in [9.17, 15) is 9.59 Å². The Morgan fingerprint density at radius 3 is 2.49 bits per heavy atom. The van der Waals surface area contributed by atoms with E-state index in [4.69, 9.17) is 9.84 Å². The minimum absolute atomic E-state index is 0.0298. The number of anilines is 1. The molecule has 0 saturated heterocycles. The second-order valence-electron chi connectivity index (χ2n) is 8.94. The summed E-state index contributed by atoms with van der Waals surface area (Å²) in [7, 11) is 0. The number of ether oxygens (including phenoxy) is 1. The van der Waals surface area contributed by atoms with Crippen molar-refractivity contribution in [1.29, 1.82) is 0 Å². The number of hydrogen-bond donors (Lipinski definition) is 1. The van der Waals surface area contributed by atoms with Crippen LogP contribution >= 0.6 is 11.8 Å². The summed E-state index contributed by atoms with van der Waals surface area (Å²) >= 11 is 1.30. The van der Waals surface area contributed by atoms with E-state index in [1.54, 1.807) is 24.3 Å². The average Bonchev–Trinajstić information content (AvgIpc) is 3.50. The lowest BCUT2D eigenvalue weighted by Gasteiger charge is -2.23. The molecule has 2 aliphatic rings. The van der Waals surface area contributed by atoms with Gasteiger partial charge in [-0.2, -0.15) is 10.1 Å². The van der Waals surface area contributed by atoms with Crippen LogP contribution in [0.5, 0.6) is 5.75 Å². The van der Waals surface area contributed by atoms with Gasteiger partial charge in [-0.1, -0.05) is 71.9 Å². The third-order valence-electron chi connectivity index (χ3n) is 6.22. The molecule has 0 aromatic heterocycles. The molecule has 8 heteroatoms. The summed E-state index contributed by atoms with van der Waals surface area (Å²) in [6.07, 6.45) is 0.728. The topological polar surface area (TPSA) is 83.4 Å². The summed E-state index contributed by atoms with van der Waals surface area (Å²) < 4.78 is 5.44. The fourth-order valence-corrected chi connectivity index (χ4v) is 5.39. The number of amides is 2. The van der Waals surface area contributed by atoms with Gasteiger partial charge in [0.15, 0.2) is 5.17 Å². The Balaban J connectivity index is 1.30. The van der Waals surface area contributed by atoms with Crippen molar-refractivity contribution in [2.24, 2.45) is 10.1 Å². The molecule has 1 N–H and O–H groups in total. The van der Waals surface area contributed by atoms with Crippen molar-refractivity contribution in [2.45, 2.75) is 38.0 Å². The number of hydrazone groups is 1. The van der Waals surface area contributed by atoms with E-state index < -0.39 is 5.25 Å². The van der Waals surface area contributed by atoms with Crippen molar-refractivity contribution >= 4 is 40.1 Å². The molecular formula is C29H28N4O3S. The van der Waals surface area contributed by atoms with E-state index in [0.717, 1.165) is 22.6 Å². The van der Waals surface area contributed by atoms with Crippen molar-refractivity contribution in [2.75, 3.05) is 11.9 Å². The van der Waals surface area contributed by atoms with E-state index in [1.165, 1.54) is 17.3 Å². The predicted molar refractivity (Wildman–Crippen MR) is 148 cm³/mol. The molecule has 0 fully saturated rings. The Kier molecular flexibility index (Phi) is 7.37. The number of nitrogens with zero attached hydrogens (tertiary/aromatic N) is 3. The molecule has 37 heavy (non-hydrogen) atoms. The van der Waals surface area contributed by atoms with E-state index in [1.807, 2.05) is 42.3 Å². The second kappa shape index (κ2) is 11.0. The Morgan fingerprint density at radius 2 is 1.78 bits per heavy atom. The number of aryl methyl sites for hydroxylation is 1. The fourth-order valence-electron chi connectivity index (χ4n) is 4.33. The number of aliphatic imine (C=N–C) groups is 1. The monoisotopic (exact) mass is 512 g/mol. The first-order valence-electron chi connectivity index (χ1n) is 12.3. The SMILES string of the molecule is CCOc1ccc(NC(=O)C[C@@H]2SC(N3N=C(c4ccccc4)C[C@@H]3c3ccc(C)cc3)=NC2=O)cc1. The Morgan fingerprint density at radius 1 is 1.05 bits per heavy atom. The van der Waals surface area contributed by atoms with Crippen LogP contribution in [0.15, 0.2) is 89.0 Å². The van der Waals surface area contributed by atoms with Gasteiger partial charge in [0, 0.05) is 18.5 Å². The van der Waals surface area contributed by atoms with Gasteiger partial charge in [0.2, 0.25) is 5.91 Å². The normalized spacial score (nSPS) is 19.0. The summed E-state index contributed by atoms with van der Waals surface area (Å²) in [4.78, 5) is 29.8. The molecular weight excluding hydrogens is 484 g/mol. The molecule has 2 atom stereocenters. The van der Waals surface area contributed by atoms with E-state index in [-0.39, 0.29) is 24.3 Å². The lowest BCUT2D eigenvalue weighted by molar-refractivity contribution is -0.121. The third kappa shape index (κ3) is 5.75. The average molecular weight is 513 g/mol. The fraction of sp³-hybridized carbons (Fsp3) is 0.241. The number of benzene rings is 3. The number of carbonyl (C=O) groups excluding carboxylic acids is 2. The van der Waals surface area contributed by atoms with Gasteiger partial charge in [-0.05, 0) is 49.2 Å². The number of amidine groups is 1. The minimum atomic E-state index is -0.590. The zero-order valence-corrected chi connectivity index (χ0v) is 21.6. The van der Waals surface area contributed by atoms with E-state index >= 15 is 0 Å². The van der Waals surface area contributed by atoms with Crippen molar-refractivity contribution < 1.29 is 14.3 Å². The van der Waals surface area contributed by atoms with Crippen LogP contribution in [0.3, 0.4) is 0 Å². The lowest BCUT2D eigenvalue weighted by Crippen LogP contribution is -2.25. The van der Waals surface area contributed by atoms with Crippen LogP contribution < -0.4 is 10.1 Å². The van der Waals surface area contributed by atoms with Crippen molar-refractivity contribution in [1.82, 2.24) is 5.01 Å². The maximum Gasteiger partial charge on any atom is 0.262 e. The zero-order chi connectivity index (χ0) is 25.8. The number of hydrogen-bond acceptors (Lipinski definition) is 6. The summed E-state index contributed by atoms with van der Waals surface area (Å²) in [6, 6.07) is 25.5. The number of nitrogens with one attached hydrogen (secondary N) is 1. The van der Waals surface area contributed by atoms with Crippen LogP contribution in [0.25, 0.3) is 0 Å². The molecule has 0 unspecified atom stereocenters. The molecule has 2 aliphatic heterocycles. The maximum atomic E-state index is 12.8. The summed E-state index contributed by atoms with van der Waals surface area (Å²) in [6.45, 7) is 4.55. The smallest absolute Gasteiger partial charge is 0.262 e. The van der Waals surface area contributed by atoms with Crippen LogP contribution in [0.1, 0.15) is 42.5 Å². The number of carbonyl (C=O) groups is 2. The first kappa shape index (κ1) is 24.8. The molecule has 0 radical (unpaired) electrons. The molecule has 188 valence electrons. The van der Waals surface area contributed by atoms with E-state index in [0.29, 0.717) is 23.9 Å². The van der Waals surface area contributed by atoms with Gasteiger partial charge in [0.25, 0.3) is 5.91 Å². The van der Waals surface area contributed by atoms with E-state index in [2.05, 4.69) is 41.5 Å².